The summed E-state index contributed by atoms with van der Waals surface area (Å²) in [5, 5.41) is 6.44. The van der Waals surface area contributed by atoms with Crippen molar-refractivity contribution < 1.29 is 27.2 Å². The molecule has 0 saturated carbocycles. The first kappa shape index (κ1) is 17.8. The predicted octanol–water partition coefficient (Wildman–Crippen LogP) is 1.75. The van der Waals surface area contributed by atoms with Gasteiger partial charge in [0.25, 0.3) is 0 Å². The maximum atomic E-state index is 12.9. The van der Waals surface area contributed by atoms with E-state index in [1.807, 2.05) is 0 Å². The number of aryl methyl sites for hydroxylation is 1. The number of rotatable bonds is 4. The topological polar surface area (TPSA) is 111 Å². The number of hydrogen-bond acceptors (Lipinski definition) is 7. The van der Waals surface area contributed by atoms with E-state index in [0.717, 1.165) is 0 Å². The Morgan fingerprint density at radius 3 is 2.63 bits per heavy atom. The van der Waals surface area contributed by atoms with Crippen LogP contribution in [0.2, 0.25) is 0 Å². The van der Waals surface area contributed by atoms with Crippen LogP contribution in [0.15, 0.2) is 33.7 Å². The minimum atomic E-state index is -3.65. The van der Waals surface area contributed by atoms with Crippen molar-refractivity contribution in [2.45, 2.75) is 24.7 Å². The molecule has 1 aromatic carbocycles. The number of hydrogen-bond donors (Lipinski definition) is 1. The lowest BCUT2D eigenvalue weighted by Crippen LogP contribution is -2.41. The van der Waals surface area contributed by atoms with Gasteiger partial charge in [0.05, 0.1) is 4.90 Å². The molecule has 1 aromatic heterocycles. The van der Waals surface area contributed by atoms with Crippen molar-refractivity contribution in [3.8, 4) is 11.5 Å². The summed E-state index contributed by atoms with van der Waals surface area (Å²) in [5.41, 5.74) is 0. The molecular weight excluding hydrogens is 374 g/mol. The molecule has 1 saturated heterocycles. The lowest BCUT2D eigenvalue weighted by atomic mass is 9.97. The van der Waals surface area contributed by atoms with Crippen LogP contribution in [-0.4, -0.2) is 43.7 Å². The Morgan fingerprint density at radius 2 is 1.93 bits per heavy atom. The second-order valence-corrected chi connectivity index (χ2v) is 8.44. The highest BCUT2D eigenvalue weighted by Gasteiger charge is 2.33. The number of nitrogens with one attached hydrogen (secondary N) is 1. The smallest absolute Gasteiger partial charge is 0.243 e. The monoisotopic (exact) mass is 393 g/mol. The minimum Gasteiger partial charge on any atom is -0.454 e. The maximum absolute atomic E-state index is 12.9. The fourth-order valence-corrected chi connectivity index (χ4v) is 4.68. The molecule has 0 radical (unpaired) electrons. The van der Waals surface area contributed by atoms with Gasteiger partial charge in [-0.3, -0.25) is 4.79 Å². The van der Waals surface area contributed by atoms with E-state index in [-0.39, 0.29) is 36.6 Å². The fraction of sp³-hybridized carbons (Fsp3) is 0.412. The van der Waals surface area contributed by atoms with Gasteiger partial charge in [-0.1, -0.05) is 5.16 Å². The van der Waals surface area contributed by atoms with Crippen LogP contribution in [0.3, 0.4) is 0 Å². The number of fused-ring (bicyclic) bond motifs is 1. The summed E-state index contributed by atoms with van der Waals surface area (Å²) in [6, 6.07) is 6.21. The number of anilines is 1. The van der Waals surface area contributed by atoms with E-state index in [0.29, 0.717) is 35.9 Å². The molecule has 4 rings (SSSR count). The van der Waals surface area contributed by atoms with E-state index in [1.165, 1.54) is 16.4 Å². The Kier molecular flexibility index (Phi) is 4.52. The van der Waals surface area contributed by atoms with E-state index in [1.54, 1.807) is 19.1 Å². The number of carbonyl (C=O) groups excluding carboxylic acids is 1. The van der Waals surface area contributed by atoms with Crippen LogP contribution in [0.25, 0.3) is 0 Å². The quantitative estimate of drug-likeness (QED) is 0.842. The zero-order valence-electron chi connectivity index (χ0n) is 14.7. The van der Waals surface area contributed by atoms with Crippen molar-refractivity contribution in [2.24, 2.45) is 5.92 Å². The number of nitrogens with zero attached hydrogens (tertiary/aromatic N) is 2. The number of sulfonamides is 1. The molecule has 2 aliphatic heterocycles. The van der Waals surface area contributed by atoms with E-state index in [9.17, 15) is 13.2 Å². The van der Waals surface area contributed by atoms with Gasteiger partial charge in [-0.05, 0) is 31.9 Å². The van der Waals surface area contributed by atoms with Crippen LogP contribution in [0.5, 0.6) is 11.5 Å². The molecule has 0 atom stereocenters. The van der Waals surface area contributed by atoms with Crippen molar-refractivity contribution in [1.29, 1.82) is 0 Å². The maximum Gasteiger partial charge on any atom is 0.243 e. The Bertz CT molecular complexity index is 963. The number of carbonyl (C=O) groups is 1. The van der Waals surface area contributed by atoms with Gasteiger partial charge in [0, 0.05) is 31.1 Å². The number of ether oxygens (including phenoxy) is 2. The SMILES string of the molecule is Cc1cc(NC(=O)C2CCN(S(=O)(=O)c3ccc4c(c3)OCO4)CC2)no1. The van der Waals surface area contributed by atoms with Crippen molar-refractivity contribution in [2.75, 3.05) is 25.2 Å². The van der Waals surface area contributed by atoms with Crippen LogP contribution in [0, 0.1) is 12.8 Å². The van der Waals surface area contributed by atoms with Crippen molar-refractivity contribution >= 4 is 21.7 Å². The summed E-state index contributed by atoms with van der Waals surface area (Å²) >= 11 is 0. The average Bonchev–Trinajstić information content (AvgIpc) is 3.29. The average molecular weight is 393 g/mol. The van der Waals surface area contributed by atoms with Crippen LogP contribution < -0.4 is 14.8 Å². The number of aromatic nitrogens is 1. The Balaban J connectivity index is 1.40. The molecule has 3 heterocycles. The molecule has 10 heteroatoms. The molecule has 27 heavy (non-hydrogen) atoms. The molecule has 9 nitrogen and oxygen atoms in total. The van der Waals surface area contributed by atoms with Crippen LogP contribution in [0.1, 0.15) is 18.6 Å². The molecule has 2 aliphatic rings. The molecule has 0 aliphatic carbocycles. The lowest BCUT2D eigenvalue weighted by molar-refractivity contribution is -0.120. The molecule has 2 aromatic rings. The van der Waals surface area contributed by atoms with Gasteiger partial charge in [0.15, 0.2) is 17.3 Å². The second kappa shape index (κ2) is 6.86. The molecule has 1 fully saturated rings. The first-order chi connectivity index (χ1) is 12.9. The highest BCUT2D eigenvalue weighted by molar-refractivity contribution is 7.89. The standard InChI is InChI=1S/C17H19N3O6S/c1-11-8-16(19-26-11)18-17(21)12-4-6-20(7-5-12)27(22,23)13-2-3-14-15(9-13)25-10-24-14/h2-3,8-9,12H,4-7,10H2,1H3,(H,18,19,21). The van der Waals surface area contributed by atoms with Crippen LogP contribution >= 0.6 is 0 Å². The predicted molar refractivity (Wildman–Crippen MR) is 93.9 cm³/mol. The summed E-state index contributed by atoms with van der Waals surface area (Å²) in [6.07, 6.45) is 0.874. The van der Waals surface area contributed by atoms with Gasteiger partial charge in [-0.2, -0.15) is 4.31 Å². The normalized spacial score (nSPS) is 17.8. The third kappa shape index (κ3) is 3.50. The molecule has 0 unspecified atom stereocenters. The van der Waals surface area contributed by atoms with Crippen molar-refractivity contribution in [3.05, 3.63) is 30.0 Å². The second-order valence-electron chi connectivity index (χ2n) is 6.51. The van der Waals surface area contributed by atoms with Gasteiger partial charge in [0.2, 0.25) is 22.7 Å². The van der Waals surface area contributed by atoms with Crippen molar-refractivity contribution in [1.82, 2.24) is 9.46 Å². The van der Waals surface area contributed by atoms with Gasteiger partial charge >= 0.3 is 0 Å². The summed E-state index contributed by atoms with van der Waals surface area (Å²) in [7, 11) is -3.65. The van der Waals surface area contributed by atoms with Crippen molar-refractivity contribution in [3.63, 3.8) is 0 Å². The summed E-state index contributed by atoms with van der Waals surface area (Å²) in [4.78, 5) is 12.5. The Labute approximate surface area is 156 Å². The lowest BCUT2D eigenvalue weighted by Gasteiger charge is -2.30. The first-order valence-corrected chi connectivity index (χ1v) is 10.0. The minimum absolute atomic E-state index is 0.0877. The van der Waals surface area contributed by atoms with Gasteiger partial charge in [0.1, 0.15) is 5.76 Å². The zero-order chi connectivity index (χ0) is 19.0. The van der Waals surface area contributed by atoms with Crippen LogP contribution in [-0.2, 0) is 14.8 Å². The third-order valence-corrected chi connectivity index (χ3v) is 6.58. The highest BCUT2D eigenvalue weighted by Crippen LogP contribution is 2.35. The number of amides is 1. The van der Waals surface area contributed by atoms with Gasteiger partial charge in [-0.15, -0.1) is 0 Å². The zero-order valence-corrected chi connectivity index (χ0v) is 15.5. The highest BCUT2D eigenvalue weighted by atomic mass is 32.2. The summed E-state index contributed by atoms with van der Waals surface area (Å²) in [6.45, 7) is 2.37. The van der Waals surface area contributed by atoms with E-state index in [4.69, 9.17) is 14.0 Å². The number of piperidine rings is 1. The summed E-state index contributed by atoms with van der Waals surface area (Å²) < 4.78 is 42.5. The molecule has 1 amide bonds. The number of benzene rings is 1. The van der Waals surface area contributed by atoms with E-state index in [2.05, 4.69) is 10.5 Å². The molecule has 0 spiro atoms. The summed E-state index contributed by atoms with van der Waals surface area (Å²) in [5.74, 6) is 1.48. The first-order valence-electron chi connectivity index (χ1n) is 8.57. The Morgan fingerprint density at radius 1 is 1.19 bits per heavy atom. The molecule has 0 bridgehead atoms. The van der Waals surface area contributed by atoms with Gasteiger partial charge < -0.3 is 19.3 Å². The largest absolute Gasteiger partial charge is 0.454 e. The third-order valence-electron chi connectivity index (χ3n) is 4.69. The van der Waals surface area contributed by atoms with Gasteiger partial charge in [-0.25, -0.2) is 8.42 Å². The molecule has 1 N–H and O–H groups in total. The van der Waals surface area contributed by atoms with Crippen LogP contribution in [0.4, 0.5) is 5.82 Å². The molecular formula is C17H19N3O6S. The van der Waals surface area contributed by atoms with E-state index >= 15 is 0 Å². The Hall–Kier alpha value is -2.59. The molecule has 144 valence electrons. The van der Waals surface area contributed by atoms with E-state index < -0.39 is 10.0 Å². The fourth-order valence-electron chi connectivity index (χ4n) is 3.20.